The first-order chi connectivity index (χ1) is 14.0. The molecule has 0 atom stereocenters. The predicted molar refractivity (Wildman–Crippen MR) is 117 cm³/mol. The van der Waals surface area contributed by atoms with Gasteiger partial charge in [-0.05, 0) is 74.9 Å². The van der Waals surface area contributed by atoms with Crippen LogP contribution >= 0.6 is 0 Å². The minimum atomic E-state index is 0.480. The van der Waals surface area contributed by atoms with Crippen LogP contribution in [0.4, 0.5) is 5.69 Å². The molecule has 4 heteroatoms. The van der Waals surface area contributed by atoms with Gasteiger partial charge in [0.1, 0.15) is 17.2 Å². The molecule has 0 aliphatic rings. The Labute approximate surface area is 172 Å². The highest BCUT2D eigenvalue weighted by molar-refractivity contribution is 5.96. The van der Waals surface area contributed by atoms with Crippen molar-refractivity contribution in [3.8, 4) is 17.2 Å². The molecule has 3 aromatic rings. The highest BCUT2D eigenvalue weighted by Crippen LogP contribution is 2.21. The molecule has 3 aromatic carbocycles. The number of rotatable bonds is 6. The third-order valence-corrected chi connectivity index (χ3v) is 4.24. The number of aliphatic imine (C=N–C) groups is 1. The molecular formula is C25H25NO3. The highest BCUT2D eigenvalue weighted by Gasteiger charge is 2.08. The van der Waals surface area contributed by atoms with Crippen molar-refractivity contribution < 1.29 is 14.2 Å². The van der Waals surface area contributed by atoms with Gasteiger partial charge in [0.15, 0.2) is 0 Å². The Bertz CT molecular complexity index is 1000. The summed E-state index contributed by atoms with van der Waals surface area (Å²) in [6.45, 7) is 5.98. The maximum Gasteiger partial charge on any atom is 0.225 e. The number of benzene rings is 3. The van der Waals surface area contributed by atoms with Crippen LogP contribution in [0.15, 0.2) is 89.6 Å². The molecule has 3 rings (SSSR count). The summed E-state index contributed by atoms with van der Waals surface area (Å²) >= 11 is 0. The Hall–Kier alpha value is -3.53. The fraction of sp³-hybridized carbons (Fsp3) is 0.160. The molecule has 0 saturated heterocycles. The summed E-state index contributed by atoms with van der Waals surface area (Å²) < 4.78 is 17.1. The summed E-state index contributed by atoms with van der Waals surface area (Å²) in [5, 5.41) is 0. The van der Waals surface area contributed by atoms with Crippen molar-refractivity contribution in [3.05, 3.63) is 95.8 Å². The Morgan fingerprint density at radius 2 is 1.48 bits per heavy atom. The van der Waals surface area contributed by atoms with E-state index in [4.69, 9.17) is 19.2 Å². The van der Waals surface area contributed by atoms with E-state index in [2.05, 4.69) is 0 Å². The summed E-state index contributed by atoms with van der Waals surface area (Å²) in [6.07, 6.45) is 1.64. The second-order valence-electron chi connectivity index (χ2n) is 6.77. The molecule has 0 radical (unpaired) electrons. The zero-order chi connectivity index (χ0) is 20.6. The largest absolute Gasteiger partial charge is 0.497 e. The van der Waals surface area contributed by atoms with Crippen LogP contribution in [-0.4, -0.2) is 13.0 Å². The predicted octanol–water partition coefficient (Wildman–Crippen LogP) is 6.40. The van der Waals surface area contributed by atoms with Crippen molar-refractivity contribution >= 4 is 11.6 Å². The number of hydrogen-bond donors (Lipinski definition) is 0. The lowest BCUT2D eigenvalue weighted by atomic mass is 10.2. The Kier molecular flexibility index (Phi) is 6.69. The molecule has 29 heavy (non-hydrogen) atoms. The molecule has 0 fully saturated rings. The summed E-state index contributed by atoms with van der Waals surface area (Å²) in [7, 11) is 1.64. The van der Waals surface area contributed by atoms with Gasteiger partial charge in [0.05, 0.1) is 19.1 Å². The monoisotopic (exact) mass is 387 g/mol. The zero-order valence-electron chi connectivity index (χ0n) is 17.2. The van der Waals surface area contributed by atoms with E-state index in [1.54, 1.807) is 13.4 Å². The van der Waals surface area contributed by atoms with E-state index in [1.165, 1.54) is 5.56 Å². The van der Waals surface area contributed by atoms with E-state index in [-0.39, 0.29) is 0 Å². The zero-order valence-corrected chi connectivity index (χ0v) is 17.2. The standard InChI is InChI=1S/C25H25NO3/c1-18-8-10-21(11-9-18)26-25(29-24-7-5-6-19(2)16-24)20(3)17-28-23-14-12-22(27-4)13-15-23/h5-17H,1-4H3/b20-17+,26-25?. The second-order valence-corrected chi connectivity index (χ2v) is 6.77. The van der Waals surface area contributed by atoms with Crippen LogP contribution in [-0.2, 0) is 0 Å². The molecule has 0 N–H and O–H groups in total. The first-order valence-corrected chi connectivity index (χ1v) is 9.41. The van der Waals surface area contributed by atoms with E-state index < -0.39 is 0 Å². The van der Waals surface area contributed by atoms with E-state index in [0.717, 1.165) is 28.3 Å². The van der Waals surface area contributed by atoms with E-state index in [9.17, 15) is 0 Å². The molecule has 0 aliphatic carbocycles. The molecule has 0 unspecified atom stereocenters. The number of aryl methyl sites for hydroxylation is 2. The first-order valence-electron chi connectivity index (χ1n) is 9.41. The van der Waals surface area contributed by atoms with Crippen molar-refractivity contribution in [2.45, 2.75) is 20.8 Å². The molecule has 0 bridgehead atoms. The van der Waals surface area contributed by atoms with Crippen molar-refractivity contribution in [3.63, 3.8) is 0 Å². The quantitative estimate of drug-likeness (QED) is 0.279. The van der Waals surface area contributed by atoms with Gasteiger partial charge in [0, 0.05) is 5.57 Å². The SMILES string of the molecule is COc1ccc(O/C=C(\C)C(=Nc2ccc(C)cc2)Oc2cccc(C)c2)cc1. The molecule has 0 aliphatic heterocycles. The van der Waals surface area contributed by atoms with Gasteiger partial charge in [-0.25, -0.2) is 4.99 Å². The molecule has 4 nitrogen and oxygen atoms in total. The fourth-order valence-corrected chi connectivity index (χ4v) is 2.58. The van der Waals surface area contributed by atoms with Crippen LogP contribution in [0.2, 0.25) is 0 Å². The Balaban J connectivity index is 1.86. The third kappa shape index (κ3) is 5.98. The minimum absolute atomic E-state index is 0.480. The molecule has 0 spiro atoms. The lowest BCUT2D eigenvalue weighted by molar-refractivity contribution is 0.412. The molecule has 0 aromatic heterocycles. The smallest absolute Gasteiger partial charge is 0.225 e. The van der Waals surface area contributed by atoms with Crippen LogP contribution < -0.4 is 14.2 Å². The molecule has 0 amide bonds. The van der Waals surface area contributed by atoms with Crippen LogP contribution in [0.5, 0.6) is 17.2 Å². The number of ether oxygens (including phenoxy) is 3. The van der Waals surface area contributed by atoms with Gasteiger partial charge >= 0.3 is 0 Å². The van der Waals surface area contributed by atoms with Gasteiger partial charge in [-0.15, -0.1) is 0 Å². The van der Waals surface area contributed by atoms with E-state index in [1.807, 2.05) is 93.6 Å². The lowest BCUT2D eigenvalue weighted by Crippen LogP contribution is -2.11. The van der Waals surface area contributed by atoms with Crippen molar-refractivity contribution in [1.29, 1.82) is 0 Å². The molecule has 0 heterocycles. The number of hydrogen-bond acceptors (Lipinski definition) is 4. The van der Waals surface area contributed by atoms with E-state index >= 15 is 0 Å². The summed E-state index contributed by atoms with van der Waals surface area (Å²) in [5.41, 5.74) is 3.88. The lowest BCUT2D eigenvalue weighted by Gasteiger charge is -2.11. The topological polar surface area (TPSA) is 40.0 Å². The average molecular weight is 387 g/mol. The van der Waals surface area contributed by atoms with Crippen LogP contribution in [0.25, 0.3) is 0 Å². The molecule has 0 saturated carbocycles. The highest BCUT2D eigenvalue weighted by atomic mass is 16.5. The van der Waals surface area contributed by atoms with Crippen LogP contribution in [0.3, 0.4) is 0 Å². The number of methoxy groups -OCH3 is 1. The van der Waals surface area contributed by atoms with Gasteiger partial charge in [0.25, 0.3) is 0 Å². The fourth-order valence-electron chi connectivity index (χ4n) is 2.58. The molecular weight excluding hydrogens is 362 g/mol. The second kappa shape index (κ2) is 9.60. The van der Waals surface area contributed by atoms with Crippen molar-refractivity contribution in [1.82, 2.24) is 0 Å². The number of nitrogens with zero attached hydrogens (tertiary/aromatic N) is 1. The normalized spacial score (nSPS) is 11.9. The molecule has 148 valence electrons. The summed E-state index contributed by atoms with van der Waals surface area (Å²) in [5.74, 6) is 2.69. The van der Waals surface area contributed by atoms with Gasteiger partial charge < -0.3 is 14.2 Å². The van der Waals surface area contributed by atoms with Gasteiger partial charge in [-0.3, -0.25) is 0 Å². The van der Waals surface area contributed by atoms with Crippen LogP contribution in [0, 0.1) is 13.8 Å². The Morgan fingerprint density at radius 1 is 0.793 bits per heavy atom. The van der Waals surface area contributed by atoms with Gasteiger partial charge in [0.2, 0.25) is 5.90 Å². The first kappa shape index (κ1) is 20.2. The maximum absolute atomic E-state index is 6.10. The Morgan fingerprint density at radius 3 is 2.14 bits per heavy atom. The van der Waals surface area contributed by atoms with Gasteiger partial charge in [-0.1, -0.05) is 29.8 Å². The summed E-state index contributed by atoms with van der Waals surface area (Å²) in [6, 6.07) is 23.2. The van der Waals surface area contributed by atoms with Crippen molar-refractivity contribution in [2.24, 2.45) is 4.99 Å². The average Bonchev–Trinajstić information content (AvgIpc) is 2.73. The van der Waals surface area contributed by atoms with E-state index in [0.29, 0.717) is 11.6 Å². The third-order valence-electron chi connectivity index (χ3n) is 4.24. The van der Waals surface area contributed by atoms with Crippen molar-refractivity contribution in [2.75, 3.05) is 7.11 Å². The van der Waals surface area contributed by atoms with Gasteiger partial charge in [-0.2, -0.15) is 0 Å². The summed E-state index contributed by atoms with van der Waals surface area (Å²) in [4.78, 5) is 4.69. The maximum atomic E-state index is 6.10. The van der Waals surface area contributed by atoms with Crippen LogP contribution in [0.1, 0.15) is 18.1 Å². The minimum Gasteiger partial charge on any atom is -0.497 e.